The van der Waals surface area contributed by atoms with Crippen molar-refractivity contribution in [3.63, 3.8) is 0 Å². The lowest BCUT2D eigenvalue weighted by Crippen LogP contribution is -2.42. The number of benzene rings is 2. The van der Waals surface area contributed by atoms with Gasteiger partial charge in [-0.15, -0.1) is 0 Å². The van der Waals surface area contributed by atoms with Crippen molar-refractivity contribution in [2.75, 3.05) is 6.54 Å². The van der Waals surface area contributed by atoms with Crippen LogP contribution in [0.5, 0.6) is 0 Å². The average Bonchev–Trinajstić information content (AvgIpc) is 3.13. The second-order valence-electron chi connectivity index (χ2n) is 7.28. The first-order chi connectivity index (χ1) is 13.2. The number of carbonyl (C=O) groups excluding carboxylic acids is 1. The molecule has 1 fully saturated rings. The molecule has 4 heteroatoms. The molecule has 4 rings (SSSR count). The van der Waals surface area contributed by atoms with E-state index in [2.05, 4.69) is 19.1 Å². The van der Waals surface area contributed by atoms with E-state index in [1.165, 1.54) is 12.0 Å². The molecule has 1 aliphatic rings. The third-order valence-electron chi connectivity index (χ3n) is 5.29. The van der Waals surface area contributed by atoms with Gasteiger partial charge in [0, 0.05) is 24.3 Å². The van der Waals surface area contributed by atoms with E-state index in [1.54, 1.807) is 0 Å². The fourth-order valence-corrected chi connectivity index (χ4v) is 3.79. The van der Waals surface area contributed by atoms with Crippen LogP contribution >= 0.6 is 0 Å². The molecule has 0 N–H and O–H groups in total. The minimum absolute atomic E-state index is 0.0976. The third kappa shape index (κ3) is 3.80. The molecule has 0 saturated carbocycles. The molecule has 4 nitrogen and oxygen atoms in total. The summed E-state index contributed by atoms with van der Waals surface area (Å²) in [5.74, 6) is 0.0976. The lowest BCUT2D eigenvalue weighted by Gasteiger charge is -2.33. The summed E-state index contributed by atoms with van der Waals surface area (Å²) in [6.45, 7) is 3.63. The van der Waals surface area contributed by atoms with Crippen LogP contribution in [0, 0.1) is 0 Å². The summed E-state index contributed by atoms with van der Waals surface area (Å²) in [7, 11) is 0. The zero-order valence-corrected chi connectivity index (χ0v) is 15.7. The Morgan fingerprint density at radius 3 is 2.44 bits per heavy atom. The number of hydrogen-bond acceptors (Lipinski definition) is 2. The number of likely N-dealkylation sites (tertiary alicyclic amines) is 1. The number of nitrogens with zero attached hydrogens (tertiary/aromatic N) is 3. The lowest BCUT2D eigenvalue weighted by atomic mass is 10.0. The van der Waals surface area contributed by atoms with Crippen molar-refractivity contribution in [1.82, 2.24) is 14.7 Å². The van der Waals surface area contributed by atoms with Crippen molar-refractivity contribution in [1.29, 1.82) is 0 Å². The van der Waals surface area contributed by atoms with Gasteiger partial charge >= 0.3 is 0 Å². The van der Waals surface area contributed by atoms with E-state index in [0.29, 0.717) is 12.1 Å². The molecular weight excluding hydrogens is 334 g/mol. The molecule has 2 aromatic carbocycles. The summed E-state index contributed by atoms with van der Waals surface area (Å²) in [5, 5.41) is 4.79. The molecule has 0 radical (unpaired) electrons. The van der Waals surface area contributed by atoms with Gasteiger partial charge in [0.25, 0.3) is 5.91 Å². The molecule has 1 amide bonds. The lowest BCUT2D eigenvalue weighted by molar-refractivity contribution is 0.0636. The Kier molecular flexibility index (Phi) is 5.05. The largest absolute Gasteiger partial charge is 0.336 e. The second kappa shape index (κ2) is 7.78. The van der Waals surface area contributed by atoms with Crippen molar-refractivity contribution in [2.45, 2.75) is 38.8 Å². The normalized spacial score (nSPS) is 17.1. The van der Waals surface area contributed by atoms with Gasteiger partial charge in [0.1, 0.15) is 5.69 Å². The molecule has 1 unspecified atom stereocenters. The van der Waals surface area contributed by atoms with Crippen LogP contribution in [-0.4, -0.2) is 33.2 Å². The van der Waals surface area contributed by atoms with Crippen molar-refractivity contribution in [2.24, 2.45) is 0 Å². The van der Waals surface area contributed by atoms with Gasteiger partial charge in [-0.3, -0.25) is 9.48 Å². The molecule has 2 heterocycles. The highest BCUT2D eigenvalue weighted by Crippen LogP contribution is 2.26. The predicted octanol–water partition coefficient (Wildman–Crippen LogP) is 4.61. The fraction of sp³-hybridized carbons (Fsp3) is 0.304. The quantitative estimate of drug-likeness (QED) is 0.682. The molecule has 27 heavy (non-hydrogen) atoms. The molecule has 1 atom stereocenters. The van der Waals surface area contributed by atoms with Crippen molar-refractivity contribution in [3.05, 3.63) is 78.0 Å². The monoisotopic (exact) mass is 359 g/mol. The maximum Gasteiger partial charge on any atom is 0.257 e. The summed E-state index contributed by atoms with van der Waals surface area (Å²) in [6.07, 6.45) is 5.27. The SMILES string of the molecule is CC1CCCCN1C(=O)c1cn(Cc2ccccc2)nc1-c1ccccc1. The van der Waals surface area contributed by atoms with Crippen LogP contribution in [0.25, 0.3) is 11.3 Å². The zero-order valence-electron chi connectivity index (χ0n) is 15.7. The number of carbonyl (C=O) groups is 1. The first kappa shape index (κ1) is 17.5. The minimum atomic E-state index is 0.0976. The summed E-state index contributed by atoms with van der Waals surface area (Å²) in [5.41, 5.74) is 3.63. The van der Waals surface area contributed by atoms with Crippen LogP contribution in [0.15, 0.2) is 66.9 Å². The highest BCUT2D eigenvalue weighted by atomic mass is 16.2. The first-order valence-electron chi connectivity index (χ1n) is 9.70. The molecule has 3 aromatic rings. The Labute approximate surface area is 160 Å². The van der Waals surface area contributed by atoms with E-state index in [4.69, 9.17) is 5.10 Å². The zero-order chi connectivity index (χ0) is 18.6. The Bertz CT molecular complexity index is 902. The first-order valence-corrected chi connectivity index (χ1v) is 9.70. The van der Waals surface area contributed by atoms with Crippen LogP contribution in [0.3, 0.4) is 0 Å². The van der Waals surface area contributed by atoms with Crippen molar-refractivity contribution < 1.29 is 4.79 Å². The second-order valence-corrected chi connectivity index (χ2v) is 7.28. The third-order valence-corrected chi connectivity index (χ3v) is 5.29. The Balaban J connectivity index is 1.71. The Hall–Kier alpha value is -2.88. The highest BCUT2D eigenvalue weighted by Gasteiger charge is 2.28. The van der Waals surface area contributed by atoms with Crippen LogP contribution in [-0.2, 0) is 6.54 Å². The topological polar surface area (TPSA) is 38.1 Å². The molecule has 1 saturated heterocycles. The number of hydrogen-bond donors (Lipinski definition) is 0. The van der Waals surface area contributed by atoms with Crippen LogP contribution < -0.4 is 0 Å². The van der Waals surface area contributed by atoms with Gasteiger partial charge in [-0.05, 0) is 31.7 Å². The molecule has 1 aromatic heterocycles. The van der Waals surface area contributed by atoms with Gasteiger partial charge in [0.2, 0.25) is 0 Å². The molecule has 0 bridgehead atoms. The average molecular weight is 359 g/mol. The fourth-order valence-electron chi connectivity index (χ4n) is 3.79. The van der Waals surface area contributed by atoms with Gasteiger partial charge < -0.3 is 4.90 Å². The number of amides is 1. The van der Waals surface area contributed by atoms with E-state index in [9.17, 15) is 4.79 Å². The molecule has 0 spiro atoms. The summed E-state index contributed by atoms with van der Waals surface area (Å²) in [4.78, 5) is 15.4. The van der Waals surface area contributed by atoms with Crippen molar-refractivity contribution >= 4 is 5.91 Å². The summed E-state index contributed by atoms with van der Waals surface area (Å²) in [6, 6.07) is 20.5. The van der Waals surface area contributed by atoms with E-state index < -0.39 is 0 Å². The standard InChI is InChI=1S/C23H25N3O/c1-18-10-8-9-15-26(18)23(27)21-17-25(16-19-11-4-2-5-12-19)24-22(21)20-13-6-3-7-14-20/h2-7,11-14,17-18H,8-10,15-16H2,1H3. The van der Waals surface area contributed by atoms with Crippen LogP contribution in [0.4, 0.5) is 0 Å². The summed E-state index contributed by atoms with van der Waals surface area (Å²) >= 11 is 0. The number of piperidine rings is 1. The Morgan fingerprint density at radius 1 is 1.04 bits per heavy atom. The summed E-state index contributed by atoms with van der Waals surface area (Å²) < 4.78 is 1.89. The van der Waals surface area contributed by atoms with E-state index >= 15 is 0 Å². The maximum atomic E-state index is 13.3. The smallest absolute Gasteiger partial charge is 0.257 e. The van der Waals surface area contributed by atoms with E-state index in [0.717, 1.165) is 30.6 Å². The van der Waals surface area contributed by atoms with Gasteiger partial charge in [0.05, 0.1) is 12.1 Å². The van der Waals surface area contributed by atoms with Gasteiger partial charge in [-0.25, -0.2) is 0 Å². The number of rotatable bonds is 4. The minimum Gasteiger partial charge on any atom is -0.336 e. The van der Waals surface area contributed by atoms with Crippen LogP contribution in [0.2, 0.25) is 0 Å². The molecule has 138 valence electrons. The van der Waals surface area contributed by atoms with Gasteiger partial charge in [-0.2, -0.15) is 5.10 Å². The Morgan fingerprint density at radius 2 is 1.74 bits per heavy atom. The van der Waals surface area contributed by atoms with E-state index in [1.807, 2.05) is 64.3 Å². The van der Waals surface area contributed by atoms with E-state index in [-0.39, 0.29) is 11.9 Å². The van der Waals surface area contributed by atoms with Gasteiger partial charge in [-0.1, -0.05) is 60.7 Å². The highest BCUT2D eigenvalue weighted by molar-refractivity contribution is 6.00. The molecule has 1 aliphatic heterocycles. The van der Waals surface area contributed by atoms with Crippen molar-refractivity contribution in [3.8, 4) is 11.3 Å². The molecule has 0 aliphatic carbocycles. The predicted molar refractivity (Wildman–Crippen MR) is 108 cm³/mol. The maximum absolute atomic E-state index is 13.3. The van der Waals surface area contributed by atoms with Crippen LogP contribution in [0.1, 0.15) is 42.1 Å². The molecular formula is C23H25N3O. The number of aromatic nitrogens is 2. The van der Waals surface area contributed by atoms with Gasteiger partial charge in [0.15, 0.2) is 0 Å².